The number of hydrogen-bond donors (Lipinski definition) is 2. The van der Waals surface area contributed by atoms with E-state index in [1.807, 2.05) is 73.7 Å². The van der Waals surface area contributed by atoms with Crippen LogP contribution >= 0.6 is 0 Å². The number of aryl methyl sites for hydroxylation is 1. The molecule has 0 saturated carbocycles. The molecule has 4 aromatic rings. The van der Waals surface area contributed by atoms with Gasteiger partial charge in [0.15, 0.2) is 0 Å². The number of ether oxygens (including phenoxy) is 1. The Morgan fingerprint density at radius 3 is 2.69 bits per heavy atom. The van der Waals surface area contributed by atoms with Crippen LogP contribution in [0.1, 0.15) is 30.2 Å². The quantitative estimate of drug-likeness (QED) is 0.385. The highest BCUT2D eigenvalue weighted by Crippen LogP contribution is 2.32. The number of carbonyl (C=O) groups is 1. The monoisotopic (exact) mass is 523 g/mol. The molecule has 2 aromatic carbocycles. The second-order valence-corrected chi connectivity index (χ2v) is 9.49. The van der Waals surface area contributed by atoms with Crippen LogP contribution in [0.3, 0.4) is 0 Å². The number of hydrogen-bond acceptors (Lipinski definition) is 9. The highest BCUT2D eigenvalue weighted by molar-refractivity contribution is 6.19. The Balaban J connectivity index is 1.33. The van der Waals surface area contributed by atoms with Gasteiger partial charge in [0.1, 0.15) is 5.82 Å². The Hall–Kier alpha value is -4.57. The standard InChI is InChI=1S/C29H29N7O3/c1-3-20-17-38-16-15-36(20)26-22(14-13-18(2)30-26)28-34-35-29(39-28)33-25-27(37)31-23-12-8-7-11-21(23)24(32-25)19-9-5-4-6-10-19/h4-14,20,25H,3,15-17H2,1-2H3,(H,31,37)(H,33,35)/t20-,25?/m1/s1. The zero-order valence-corrected chi connectivity index (χ0v) is 21.8. The van der Waals surface area contributed by atoms with E-state index < -0.39 is 6.17 Å². The van der Waals surface area contributed by atoms with Crippen molar-refractivity contribution in [2.45, 2.75) is 32.5 Å². The predicted octanol–water partition coefficient (Wildman–Crippen LogP) is 4.28. The summed E-state index contributed by atoms with van der Waals surface area (Å²) in [6.07, 6.45) is -0.0626. The van der Waals surface area contributed by atoms with Gasteiger partial charge in [-0.25, -0.2) is 9.98 Å². The first-order valence-corrected chi connectivity index (χ1v) is 13.1. The maximum Gasteiger partial charge on any atom is 0.317 e. The van der Waals surface area contributed by atoms with E-state index in [1.165, 1.54) is 0 Å². The Labute approximate surface area is 226 Å². The molecule has 1 unspecified atom stereocenters. The highest BCUT2D eigenvalue weighted by Gasteiger charge is 2.29. The maximum absolute atomic E-state index is 13.2. The van der Waals surface area contributed by atoms with Crippen molar-refractivity contribution in [1.82, 2.24) is 15.2 Å². The van der Waals surface area contributed by atoms with Gasteiger partial charge in [-0.1, -0.05) is 60.6 Å². The summed E-state index contributed by atoms with van der Waals surface area (Å²) >= 11 is 0. The largest absolute Gasteiger partial charge is 0.403 e. The van der Waals surface area contributed by atoms with Crippen LogP contribution in [0.25, 0.3) is 11.5 Å². The molecule has 10 heteroatoms. The summed E-state index contributed by atoms with van der Waals surface area (Å²) in [7, 11) is 0. The molecule has 1 amide bonds. The zero-order chi connectivity index (χ0) is 26.8. The SMILES string of the molecule is CC[C@@H]1COCCN1c1nc(C)ccc1-c1nnc(NC2N=C(c3ccccc3)c3ccccc3NC2=O)o1. The minimum absolute atomic E-state index is 0.0906. The van der Waals surface area contributed by atoms with Gasteiger partial charge in [0.05, 0.1) is 36.2 Å². The number of benzodiazepines with no additional fused rings is 1. The molecular formula is C29H29N7O3. The van der Waals surface area contributed by atoms with Crippen molar-refractivity contribution in [3.8, 4) is 11.5 Å². The van der Waals surface area contributed by atoms with Crippen molar-refractivity contribution in [3.05, 3.63) is 83.6 Å². The van der Waals surface area contributed by atoms with E-state index in [4.69, 9.17) is 19.1 Å². The normalized spacial score (nSPS) is 19.1. The second-order valence-electron chi connectivity index (χ2n) is 9.49. The molecule has 2 atom stereocenters. The molecule has 4 heterocycles. The maximum atomic E-state index is 13.2. The fraction of sp³-hybridized carbons (Fsp3) is 0.276. The van der Waals surface area contributed by atoms with Gasteiger partial charge in [0.2, 0.25) is 6.17 Å². The first-order chi connectivity index (χ1) is 19.1. The van der Waals surface area contributed by atoms with E-state index in [9.17, 15) is 4.79 Å². The second kappa shape index (κ2) is 10.7. The van der Waals surface area contributed by atoms with Crippen molar-refractivity contribution in [2.24, 2.45) is 4.99 Å². The summed E-state index contributed by atoms with van der Waals surface area (Å²) in [4.78, 5) is 25.1. The summed E-state index contributed by atoms with van der Waals surface area (Å²) in [5, 5.41) is 14.5. The van der Waals surface area contributed by atoms with Gasteiger partial charge in [-0.05, 0) is 31.5 Å². The van der Waals surface area contributed by atoms with E-state index in [2.05, 4.69) is 32.7 Å². The van der Waals surface area contributed by atoms with Crippen molar-refractivity contribution in [1.29, 1.82) is 0 Å². The molecule has 1 fully saturated rings. The number of amides is 1. The molecule has 39 heavy (non-hydrogen) atoms. The van der Waals surface area contributed by atoms with Crippen LogP contribution in [0, 0.1) is 6.92 Å². The average Bonchev–Trinajstić information content (AvgIpc) is 3.38. The molecule has 0 aliphatic carbocycles. The number of fused-ring (bicyclic) bond motifs is 1. The third kappa shape index (κ3) is 4.98. The van der Waals surface area contributed by atoms with Crippen LogP contribution < -0.4 is 15.5 Å². The number of nitrogens with one attached hydrogen (secondary N) is 2. The lowest BCUT2D eigenvalue weighted by molar-refractivity contribution is -0.116. The number of morpholine rings is 1. The molecule has 198 valence electrons. The molecular weight excluding hydrogens is 494 g/mol. The smallest absolute Gasteiger partial charge is 0.317 e. The topological polar surface area (TPSA) is 118 Å². The summed E-state index contributed by atoms with van der Waals surface area (Å²) in [6.45, 7) is 6.09. The van der Waals surface area contributed by atoms with Crippen molar-refractivity contribution < 1.29 is 13.9 Å². The van der Waals surface area contributed by atoms with Crippen LogP contribution in [0.5, 0.6) is 0 Å². The number of aromatic nitrogens is 3. The van der Waals surface area contributed by atoms with Crippen LogP contribution in [0.4, 0.5) is 17.5 Å². The summed E-state index contributed by atoms with van der Waals surface area (Å²) in [6, 6.07) is 21.5. The van der Waals surface area contributed by atoms with Gasteiger partial charge in [-0.2, -0.15) is 0 Å². The summed E-state index contributed by atoms with van der Waals surface area (Å²) in [5.41, 5.74) is 4.72. The molecule has 2 N–H and O–H groups in total. The van der Waals surface area contributed by atoms with Gasteiger partial charge in [0, 0.05) is 23.4 Å². The van der Waals surface area contributed by atoms with E-state index in [0.717, 1.165) is 41.2 Å². The van der Waals surface area contributed by atoms with Gasteiger partial charge in [-0.15, -0.1) is 5.10 Å². The number of pyridine rings is 1. The third-order valence-electron chi connectivity index (χ3n) is 6.89. The molecule has 0 bridgehead atoms. The Bertz CT molecular complexity index is 1520. The van der Waals surface area contributed by atoms with E-state index in [1.54, 1.807) is 0 Å². The number of anilines is 3. The first-order valence-electron chi connectivity index (χ1n) is 13.1. The molecule has 2 aliphatic heterocycles. The Morgan fingerprint density at radius 1 is 1.03 bits per heavy atom. The van der Waals surface area contributed by atoms with Crippen LogP contribution in [-0.4, -0.2) is 58.8 Å². The van der Waals surface area contributed by atoms with E-state index in [-0.39, 0.29) is 18.0 Å². The number of nitrogens with zero attached hydrogens (tertiary/aromatic N) is 5. The number of aliphatic imine (C=N–C) groups is 1. The molecule has 6 rings (SSSR count). The molecule has 0 radical (unpaired) electrons. The number of carbonyl (C=O) groups excluding carboxylic acids is 1. The molecule has 2 aromatic heterocycles. The van der Waals surface area contributed by atoms with Crippen LogP contribution in [-0.2, 0) is 9.53 Å². The van der Waals surface area contributed by atoms with Crippen molar-refractivity contribution in [2.75, 3.05) is 35.3 Å². The molecule has 2 aliphatic rings. The van der Waals surface area contributed by atoms with Crippen molar-refractivity contribution >= 4 is 29.1 Å². The number of rotatable bonds is 6. The van der Waals surface area contributed by atoms with E-state index in [0.29, 0.717) is 30.5 Å². The lowest BCUT2D eigenvalue weighted by Gasteiger charge is -2.36. The minimum atomic E-state index is -0.986. The van der Waals surface area contributed by atoms with Gasteiger partial charge < -0.3 is 24.7 Å². The van der Waals surface area contributed by atoms with Crippen LogP contribution in [0.15, 0.2) is 76.1 Å². The summed E-state index contributed by atoms with van der Waals surface area (Å²) < 4.78 is 11.7. The highest BCUT2D eigenvalue weighted by atomic mass is 16.5. The Morgan fingerprint density at radius 2 is 1.85 bits per heavy atom. The van der Waals surface area contributed by atoms with Crippen molar-refractivity contribution in [3.63, 3.8) is 0 Å². The predicted molar refractivity (Wildman–Crippen MR) is 149 cm³/mol. The molecule has 0 spiro atoms. The van der Waals surface area contributed by atoms with Gasteiger partial charge >= 0.3 is 6.01 Å². The minimum Gasteiger partial charge on any atom is -0.403 e. The van der Waals surface area contributed by atoms with Crippen LogP contribution in [0.2, 0.25) is 0 Å². The number of para-hydroxylation sites is 1. The lowest BCUT2D eigenvalue weighted by Crippen LogP contribution is -2.45. The molecule has 10 nitrogen and oxygen atoms in total. The molecule has 1 saturated heterocycles. The fourth-order valence-electron chi connectivity index (χ4n) is 4.89. The first kappa shape index (κ1) is 24.7. The van der Waals surface area contributed by atoms with E-state index >= 15 is 0 Å². The van der Waals surface area contributed by atoms with Gasteiger partial charge in [0.25, 0.3) is 11.8 Å². The third-order valence-corrected chi connectivity index (χ3v) is 6.89. The zero-order valence-electron chi connectivity index (χ0n) is 21.8. The van der Waals surface area contributed by atoms with Gasteiger partial charge in [-0.3, -0.25) is 4.79 Å². The number of benzene rings is 2. The fourth-order valence-corrected chi connectivity index (χ4v) is 4.89. The lowest BCUT2D eigenvalue weighted by atomic mass is 10.0. The summed E-state index contributed by atoms with van der Waals surface area (Å²) in [5.74, 6) is 0.767. The average molecular weight is 524 g/mol. The Kier molecular flexibility index (Phi) is 6.76.